The maximum atomic E-state index is 12.7. The number of fused-ring (bicyclic) bond motifs is 1. The number of carbonyl (C=O) groups excluding carboxylic acids is 2. The van der Waals surface area contributed by atoms with Gasteiger partial charge < -0.3 is 10.1 Å². The van der Waals surface area contributed by atoms with Crippen LogP contribution in [0.5, 0.6) is 0 Å². The fraction of sp³-hybridized carbons (Fsp3) is 0.222. The van der Waals surface area contributed by atoms with Crippen LogP contribution < -0.4 is 10.0 Å². The lowest BCUT2D eigenvalue weighted by Crippen LogP contribution is -2.20. The smallest absolute Gasteiger partial charge is 0.337 e. The highest BCUT2D eigenvalue weighted by Crippen LogP contribution is 2.34. The molecule has 1 aliphatic rings. The van der Waals surface area contributed by atoms with Crippen molar-refractivity contribution in [2.45, 2.75) is 16.7 Å². The standard InChI is InChI=1S/C18H18N2O5S2/c1-11-10-26-16-8-7-14(9-15(16)19-17(11)21)27(23,24)20-13-5-3-12(4-6-13)18(22)25-2/h3-9,11,20H,10H2,1-2H3,(H,19,21). The Morgan fingerprint density at radius 1 is 1.22 bits per heavy atom. The van der Waals surface area contributed by atoms with E-state index in [1.807, 2.05) is 6.92 Å². The molecule has 2 N–H and O–H groups in total. The molecule has 0 bridgehead atoms. The van der Waals surface area contributed by atoms with E-state index in [-0.39, 0.29) is 16.7 Å². The van der Waals surface area contributed by atoms with Crippen molar-refractivity contribution < 1.29 is 22.7 Å². The second-order valence-electron chi connectivity index (χ2n) is 6.03. The molecule has 0 radical (unpaired) electrons. The van der Waals surface area contributed by atoms with Crippen LogP contribution in [0.25, 0.3) is 0 Å². The average Bonchev–Trinajstić information content (AvgIpc) is 2.79. The molecular weight excluding hydrogens is 388 g/mol. The summed E-state index contributed by atoms with van der Waals surface area (Å²) in [7, 11) is -2.58. The number of benzene rings is 2. The topological polar surface area (TPSA) is 102 Å². The summed E-state index contributed by atoms with van der Waals surface area (Å²) in [5.74, 6) is -0.163. The molecule has 27 heavy (non-hydrogen) atoms. The van der Waals surface area contributed by atoms with Crippen molar-refractivity contribution in [3.05, 3.63) is 48.0 Å². The molecule has 9 heteroatoms. The fourth-order valence-corrected chi connectivity index (χ4v) is 4.55. The number of hydrogen-bond donors (Lipinski definition) is 2. The van der Waals surface area contributed by atoms with E-state index in [4.69, 9.17) is 0 Å². The first-order chi connectivity index (χ1) is 12.8. The van der Waals surface area contributed by atoms with E-state index in [9.17, 15) is 18.0 Å². The quantitative estimate of drug-likeness (QED) is 0.757. The van der Waals surface area contributed by atoms with Gasteiger partial charge in [0.25, 0.3) is 10.0 Å². The molecule has 3 rings (SSSR count). The van der Waals surface area contributed by atoms with Crippen molar-refractivity contribution >= 4 is 45.0 Å². The zero-order chi connectivity index (χ0) is 19.6. The number of nitrogens with one attached hydrogen (secondary N) is 2. The lowest BCUT2D eigenvalue weighted by Gasteiger charge is -2.12. The predicted molar refractivity (Wildman–Crippen MR) is 104 cm³/mol. The number of anilines is 2. The van der Waals surface area contributed by atoms with Crippen LogP contribution in [0.1, 0.15) is 17.3 Å². The summed E-state index contributed by atoms with van der Waals surface area (Å²) in [4.78, 5) is 24.3. The van der Waals surface area contributed by atoms with E-state index in [1.54, 1.807) is 6.07 Å². The Labute approximate surface area is 161 Å². The molecule has 0 aliphatic carbocycles. The molecule has 1 amide bonds. The van der Waals surface area contributed by atoms with Crippen LogP contribution in [-0.4, -0.2) is 33.2 Å². The van der Waals surface area contributed by atoms with Crippen molar-refractivity contribution in [1.82, 2.24) is 0 Å². The zero-order valence-corrected chi connectivity index (χ0v) is 16.3. The van der Waals surface area contributed by atoms with Gasteiger partial charge in [0.2, 0.25) is 5.91 Å². The fourth-order valence-electron chi connectivity index (χ4n) is 2.45. The summed E-state index contributed by atoms with van der Waals surface area (Å²) in [5, 5.41) is 2.77. The minimum absolute atomic E-state index is 0.0359. The van der Waals surface area contributed by atoms with Crippen molar-refractivity contribution in [1.29, 1.82) is 0 Å². The summed E-state index contributed by atoms with van der Waals surface area (Å²) >= 11 is 1.51. The van der Waals surface area contributed by atoms with E-state index < -0.39 is 16.0 Å². The SMILES string of the molecule is COC(=O)c1ccc(NS(=O)(=O)c2ccc3c(c2)NC(=O)C(C)CS3)cc1. The van der Waals surface area contributed by atoms with Gasteiger partial charge in [-0.05, 0) is 42.5 Å². The Kier molecular flexibility index (Phi) is 5.43. The highest BCUT2D eigenvalue weighted by Gasteiger charge is 2.23. The number of methoxy groups -OCH3 is 1. The third-order valence-corrected chi connectivity index (χ3v) is 6.73. The molecule has 1 atom stereocenters. The third-order valence-electron chi connectivity index (χ3n) is 4.01. The van der Waals surface area contributed by atoms with Crippen molar-refractivity contribution in [3.63, 3.8) is 0 Å². The highest BCUT2D eigenvalue weighted by atomic mass is 32.2. The molecule has 0 saturated carbocycles. The predicted octanol–water partition coefficient (Wildman–Crippen LogP) is 2.95. The Morgan fingerprint density at radius 3 is 2.59 bits per heavy atom. The van der Waals surface area contributed by atoms with Crippen LogP contribution in [0, 0.1) is 5.92 Å². The van der Waals surface area contributed by atoms with E-state index in [1.165, 1.54) is 55.3 Å². The van der Waals surface area contributed by atoms with E-state index in [0.29, 0.717) is 22.7 Å². The minimum Gasteiger partial charge on any atom is -0.465 e. The Morgan fingerprint density at radius 2 is 1.93 bits per heavy atom. The number of thioether (sulfide) groups is 1. The molecule has 2 aromatic rings. The molecule has 0 fully saturated rings. The van der Waals surface area contributed by atoms with Gasteiger partial charge in [0.15, 0.2) is 0 Å². The number of rotatable bonds is 4. The van der Waals surface area contributed by atoms with Gasteiger partial charge in [-0.25, -0.2) is 13.2 Å². The number of ether oxygens (including phenoxy) is 1. The van der Waals surface area contributed by atoms with Crippen LogP contribution in [0.15, 0.2) is 52.3 Å². The summed E-state index contributed by atoms with van der Waals surface area (Å²) in [5.41, 5.74) is 1.11. The number of esters is 1. The summed E-state index contributed by atoms with van der Waals surface area (Å²) < 4.78 is 32.4. The van der Waals surface area contributed by atoms with E-state index in [2.05, 4.69) is 14.8 Å². The molecule has 1 heterocycles. The largest absolute Gasteiger partial charge is 0.465 e. The molecule has 0 spiro atoms. The van der Waals surface area contributed by atoms with E-state index in [0.717, 1.165) is 4.90 Å². The number of sulfonamides is 1. The molecule has 2 aromatic carbocycles. The second kappa shape index (κ2) is 7.61. The van der Waals surface area contributed by atoms with Crippen LogP contribution in [-0.2, 0) is 19.6 Å². The molecule has 142 valence electrons. The lowest BCUT2D eigenvalue weighted by atomic mass is 10.2. The molecule has 1 unspecified atom stereocenters. The summed E-state index contributed by atoms with van der Waals surface area (Å²) in [6, 6.07) is 10.5. The Balaban J connectivity index is 1.84. The van der Waals surface area contributed by atoms with Gasteiger partial charge in [-0.3, -0.25) is 9.52 Å². The zero-order valence-electron chi connectivity index (χ0n) is 14.7. The van der Waals surface area contributed by atoms with Crippen molar-refractivity contribution in [2.24, 2.45) is 5.92 Å². The van der Waals surface area contributed by atoms with Gasteiger partial charge >= 0.3 is 5.97 Å². The number of carbonyl (C=O) groups is 2. The van der Waals surface area contributed by atoms with Gasteiger partial charge in [0.05, 0.1) is 23.3 Å². The lowest BCUT2D eigenvalue weighted by molar-refractivity contribution is -0.118. The highest BCUT2D eigenvalue weighted by molar-refractivity contribution is 7.99. The number of hydrogen-bond acceptors (Lipinski definition) is 6. The molecular formula is C18H18N2O5S2. The van der Waals surface area contributed by atoms with Gasteiger partial charge in [-0.1, -0.05) is 6.92 Å². The van der Waals surface area contributed by atoms with Gasteiger partial charge in [-0.15, -0.1) is 11.8 Å². The van der Waals surface area contributed by atoms with Gasteiger partial charge in [0, 0.05) is 22.3 Å². The summed E-state index contributed by atoms with van der Waals surface area (Å²) in [6.45, 7) is 1.82. The maximum absolute atomic E-state index is 12.7. The molecule has 7 nitrogen and oxygen atoms in total. The normalized spacial score (nSPS) is 16.7. The van der Waals surface area contributed by atoms with Crippen LogP contribution in [0.2, 0.25) is 0 Å². The van der Waals surface area contributed by atoms with Gasteiger partial charge in [-0.2, -0.15) is 0 Å². The van der Waals surface area contributed by atoms with Gasteiger partial charge in [0.1, 0.15) is 0 Å². The molecule has 0 saturated heterocycles. The summed E-state index contributed by atoms with van der Waals surface area (Å²) in [6.07, 6.45) is 0. The minimum atomic E-state index is -3.86. The first-order valence-corrected chi connectivity index (χ1v) is 10.6. The first-order valence-electron chi connectivity index (χ1n) is 8.09. The van der Waals surface area contributed by atoms with E-state index >= 15 is 0 Å². The number of amides is 1. The average molecular weight is 406 g/mol. The third kappa shape index (κ3) is 4.25. The Bertz CT molecular complexity index is 987. The van der Waals surface area contributed by atoms with Crippen LogP contribution in [0.3, 0.4) is 0 Å². The monoisotopic (exact) mass is 406 g/mol. The van der Waals surface area contributed by atoms with Crippen LogP contribution >= 0.6 is 11.8 Å². The molecule has 1 aliphatic heterocycles. The van der Waals surface area contributed by atoms with Crippen LogP contribution in [0.4, 0.5) is 11.4 Å². The second-order valence-corrected chi connectivity index (χ2v) is 8.78. The van der Waals surface area contributed by atoms with Crippen molar-refractivity contribution in [2.75, 3.05) is 22.9 Å². The maximum Gasteiger partial charge on any atom is 0.337 e. The Hall–Kier alpha value is -2.52. The first kappa shape index (κ1) is 19.2. The molecule has 0 aromatic heterocycles. The van der Waals surface area contributed by atoms with Crippen molar-refractivity contribution in [3.8, 4) is 0 Å².